The summed E-state index contributed by atoms with van der Waals surface area (Å²) in [7, 11) is 0. The van der Waals surface area contributed by atoms with Crippen LogP contribution in [0.5, 0.6) is 5.75 Å². The molecule has 0 aliphatic heterocycles. The topological polar surface area (TPSA) is 58.6 Å². The van der Waals surface area contributed by atoms with E-state index >= 15 is 0 Å². The Labute approximate surface area is 172 Å². The lowest BCUT2D eigenvalue weighted by Gasteiger charge is -2.04. The van der Waals surface area contributed by atoms with Gasteiger partial charge in [-0.2, -0.15) is 0 Å². The number of benzene rings is 3. The lowest BCUT2D eigenvalue weighted by atomic mass is 10.1. The Morgan fingerprint density at radius 3 is 2.74 bits per heavy atom. The van der Waals surface area contributed by atoms with Gasteiger partial charge in [-0.3, -0.25) is 4.99 Å². The van der Waals surface area contributed by atoms with Gasteiger partial charge in [0.15, 0.2) is 5.58 Å². The molecule has 0 spiro atoms. The SMILES string of the molecule is Cc1ccc2oc(-c3ccccc3N=Cc3cc(Br)cc(Br)c3O)nc2c1. The summed E-state index contributed by atoms with van der Waals surface area (Å²) in [6.45, 7) is 2.02. The highest BCUT2D eigenvalue weighted by atomic mass is 79.9. The van der Waals surface area contributed by atoms with Crippen LogP contribution in [0.2, 0.25) is 0 Å². The van der Waals surface area contributed by atoms with Gasteiger partial charge in [0.05, 0.1) is 15.7 Å². The van der Waals surface area contributed by atoms with E-state index in [9.17, 15) is 5.11 Å². The van der Waals surface area contributed by atoms with Crippen molar-refractivity contribution >= 4 is 54.9 Å². The fourth-order valence-electron chi connectivity index (χ4n) is 2.74. The zero-order valence-electron chi connectivity index (χ0n) is 14.3. The first-order chi connectivity index (χ1) is 13.0. The molecule has 0 atom stereocenters. The first kappa shape index (κ1) is 17.9. The second-order valence-corrected chi connectivity index (χ2v) is 7.86. The molecule has 0 aliphatic rings. The van der Waals surface area contributed by atoms with Crippen LogP contribution in [0.4, 0.5) is 5.69 Å². The van der Waals surface area contributed by atoms with Crippen molar-refractivity contribution in [2.24, 2.45) is 4.99 Å². The summed E-state index contributed by atoms with van der Waals surface area (Å²) < 4.78 is 7.36. The highest BCUT2D eigenvalue weighted by Gasteiger charge is 2.12. The Balaban J connectivity index is 1.77. The van der Waals surface area contributed by atoms with Gasteiger partial charge in [0.1, 0.15) is 11.3 Å². The van der Waals surface area contributed by atoms with E-state index < -0.39 is 0 Å². The first-order valence-corrected chi connectivity index (χ1v) is 9.78. The van der Waals surface area contributed by atoms with Crippen LogP contribution in [0, 0.1) is 6.92 Å². The molecular formula is C21H14Br2N2O2. The molecule has 134 valence electrons. The van der Waals surface area contributed by atoms with E-state index in [1.807, 2.05) is 49.4 Å². The van der Waals surface area contributed by atoms with Crippen molar-refractivity contribution in [1.82, 2.24) is 4.98 Å². The maximum atomic E-state index is 10.2. The van der Waals surface area contributed by atoms with Crippen molar-refractivity contribution in [2.45, 2.75) is 6.92 Å². The van der Waals surface area contributed by atoms with Crippen LogP contribution in [-0.4, -0.2) is 16.3 Å². The molecule has 1 N–H and O–H groups in total. The number of aromatic hydroxyl groups is 1. The van der Waals surface area contributed by atoms with E-state index in [-0.39, 0.29) is 5.75 Å². The standard InChI is InChI=1S/C21H14Br2N2O2/c1-12-6-7-19-18(8-12)25-21(27-19)15-4-2-3-5-17(15)24-11-13-9-14(22)10-16(23)20(13)26/h2-11,26H,1H3. The third-order valence-electron chi connectivity index (χ3n) is 4.08. The number of nitrogens with zero attached hydrogens (tertiary/aromatic N) is 2. The van der Waals surface area contributed by atoms with E-state index in [1.165, 1.54) is 0 Å². The molecule has 0 saturated heterocycles. The molecule has 1 heterocycles. The lowest BCUT2D eigenvalue weighted by Crippen LogP contribution is -1.85. The maximum Gasteiger partial charge on any atom is 0.229 e. The van der Waals surface area contributed by atoms with Gasteiger partial charge in [0.25, 0.3) is 0 Å². The summed E-state index contributed by atoms with van der Waals surface area (Å²) in [4.78, 5) is 9.16. The third kappa shape index (κ3) is 3.68. The number of aryl methyl sites for hydroxylation is 1. The average Bonchev–Trinajstić information content (AvgIpc) is 3.06. The second kappa shape index (κ2) is 7.29. The third-order valence-corrected chi connectivity index (χ3v) is 5.14. The molecule has 27 heavy (non-hydrogen) atoms. The smallest absolute Gasteiger partial charge is 0.229 e. The van der Waals surface area contributed by atoms with E-state index in [4.69, 9.17) is 4.42 Å². The van der Waals surface area contributed by atoms with Crippen LogP contribution in [0.25, 0.3) is 22.6 Å². The highest BCUT2D eigenvalue weighted by molar-refractivity contribution is 9.11. The van der Waals surface area contributed by atoms with Crippen molar-refractivity contribution in [3.05, 3.63) is 74.7 Å². The molecule has 0 amide bonds. The average molecular weight is 486 g/mol. The van der Waals surface area contributed by atoms with E-state index in [2.05, 4.69) is 41.8 Å². The molecule has 4 nitrogen and oxygen atoms in total. The first-order valence-electron chi connectivity index (χ1n) is 8.20. The number of halogens is 2. The van der Waals surface area contributed by atoms with E-state index in [1.54, 1.807) is 18.3 Å². The Morgan fingerprint density at radius 1 is 1.07 bits per heavy atom. The maximum absolute atomic E-state index is 10.2. The minimum absolute atomic E-state index is 0.136. The molecule has 4 rings (SSSR count). The van der Waals surface area contributed by atoms with Gasteiger partial charge in [-0.15, -0.1) is 0 Å². The van der Waals surface area contributed by atoms with Gasteiger partial charge >= 0.3 is 0 Å². The molecule has 3 aromatic carbocycles. The number of hydrogen-bond acceptors (Lipinski definition) is 4. The quantitative estimate of drug-likeness (QED) is 0.325. The van der Waals surface area contributed by atoms with Crippen LogP contribution in [0.1, 0.15) is 11.1 Å². The van der Waals surface area contributed by atoms with Crippen LogP contribution in [0.3, 0.4) is 0 Å². The van der Waals surface area contributed by atoms with Crippen LogP contribution in [-0.2, 0) is 0 Å². The van der Waals surface area contributed by atoms with Crippen LogP contribution >= 0.6 is 31.9 Å². The van der Waals surface area contributed by atoms with Gasteiger partial charge in [-0.1, -0.05) is 34.1 Å². The zero-order chi connectivity index (χ0) is 19.0. The Kier molecular flexibility index (Phi) is 4.85. The normalized spacial score (nSPS) is 11.5. The molecule has 0 radical (unpaired) electrons. The fraction of sp³-hybridized carbons (Fsp3) is 0.0476. The molecule has 1 aromatic heterocycles. The van der Waals surface area contributed by atoms with Gasteiger partial charge in [-0.05, 0) is 64.8 Å². The Hall–Kier alpha value is -2.44. The molecule has 0 aliphatic carbocycles. The number of fused-ring (bicyclic) bond motifs is 1. The summed E-state index contributed by atoms with van der Waals surface area (Å²) in [5, 5.41) is 10.2. The number of aliphatic imine (C=N–C) groups is 1. The largest absolute Gasteiger partial charge is 0.506 e. The van der Waals surface area contributed by atoms with Crippen LogP contribution in [0.15, 0.2) is 73.0 Å². The number of phenols is 1. The van der Waals surface area contributed by atoms with Crippen molar-refractivity contribution in [2.75, 3.05) is 0 Å². The monoisotopic (exact) mass is 484 g/mol. The second-order valence-electron chi connectivity index (χ2n) is 6.09. The minimum Gasteiger partial charge on any atom is -0.506 e. The Bertz CT molecular complexity index is 1180. The van der Waals surface area contributed by atoms with Crippen molar-refractivity contribution < 1.29 is 9.52 Å². The molecule has 0 fully saturated rings. The minimum atomic E-state index is 0.136. The number of hydrogen-bond donors (Lipinski definition) is 1. The van der Waals surface area contributed by atoms with Gasteiger partial charge in [0, 0.05) is 16.3 Å². The molecule has 4 aromatic rings. The van der Waals surface area contributed by atoms with E-state index in [0.29, 0.717) is 21.6 Å². The zero-order valence-corrected chi connectivity index (χ0v) is 17.5. The predicted octanol–water partition coefficient (Wildman–Crippen LogP) is 6.78. The summed E-state index contributed by atoms with van der Waals surface area (Å²) >= 11 is 6.76. The number of rotatable bonds is 3. The summed E-state index contributed by atoms with van der Waals surface area (Å²) in [5.41, 5.74) is 4.77. The summed E-state index contributed by atoms with van der Waals surface area (Å²) in [5.74, 6) is 0.653. The summed E-state index contributed by atoms with van der Waals surface area (Å²) in [6, 6.07) is 17.1. The van der Waals surface area contributed by atoms with Gasteiger partial charge in [0.2, 0.25) is 5.89 Å². The molecule has 0 saturated carbocycles. The van der Waals surface area contributed by atoms with Crippen molar-refractivity contribution in [1.29, 1.82) is 0 Å². The van der Waals surface area contributed by atoms with Gasteiger partial charge in [-0.25, -0.2) is 4.98 Å². The fourth-order valence-corrected chi connectivity index (χ4v) is 4.00. The molecule has 6 heteroatoms. The number of phenolic OH excluding ortho intramolecular Hbond substituents is 1. The highest BCUT2D eigenvalue weighted by Crippen LogP contribution is 2.34. The molecule has 0 unspecified atom stereocenters. The number of oxazole rings is 1. The number of aromatic nitrogens is 1. The Morgan fingerprint density at radius 2 is 1.89 bits per heavy atom. The molecule has 0 bridgehead atoms. The molecular weight excluding hydrogens is 472 g/mol. The predicted molar refractivity (Wildman–Crippen MR) is 115 cm³/mol. The van der Waals surface area contributed by atoms with Crippen molar-refractivity contribution in [3.63, 3.8) is 0 Å². The van der Waals surface area contributed by atoms with Crippen molar-refractivity contribution in [3.8, 4) is 17.2 Å². The van der Waals surface area contributed by atoms with Crippen LogP contribution < -0.4 is 0 Å². The summed E-state index contributed by atoms with van der Waals surface area (Å²) in [6.07, 6.45) is 1.62. The number of para-hydroxylation sites is 1. The van der Waals surface area contributed by atoms with E-state index in [0.717, 1.165) is 26.7 Å². The van der Waals surface area contributed by atoms with Gasteiger partial charge < -0.3 is 9.52 Å². The lowest BCUT2D eigenvalue weighted by molar-refractivity contribution is 0.471.